The molecule has 1 aliphatic heterocycles. The number of hydrogen-bond donors (Lipinski definition) is 1. The molecule has 210 valence electrons. The van der Waals surface area contributed by atoms with Gasteiger partial charge in [-0.05, 0) is 82.8 Å². The van der Waals surface area contributed by atoms with Gasteiger partial charge in [0.2, 0.25) is 0 Å². The molecule has 1 N–H and O–H groups in total. The Morgan fingerprint density at radius 3 is 2.18 bits per heavy atom. The van der Waals surface area contributed by atoms with Gasteiger partial charge in [-0.2, -0.15) is 5.10 Å². The highest BCUT2D eigenvalue weighted by Gasteiger charge is 2.41. The number of fused-ring (bicyclic) bond motifs is 1. The van der Waals surface area contributed by atoms with E-state index in [-0.39, 0.29) is 28.9 Å². The third kappa shape index (κ3) is 6.17. The topological polar surface area (TPSA) is 96.6 Å². The van der Waals surface area contributed by atoms with Gasteiger partial charge in [-0.1, -0.05) is 20.8 Å². The van der Waals surface area contributed by atoms with Gasteiger partial charge in [0.25, 0.3) is 0 Å². The average Bonchev–Trinajstić information content (AvgIpc) is 3.52. The lowest BCUT2D eigenvalue weighted by molar-refractivity contribution is 0.0113. The number of aromatic carboxylic acids is 1. The summed E-state index contributed by atoms with van der Waals surface area (Å²) in [5.74, 6) is -1.02. The smallest absolute Gasteiger partial charge is 0.410 e. The van der Waals surface area contributed by atoms with Crippen LogP contribution in [0.4, 0.5) is 10.5 Å². The molecule has 0 spiro atoms. The predicted molar refractivity (Wildman–Crippen MR) is 150 cm³/mol. The van der Waals surface area contributed by atoms with E-state index in [9.17, 15) is 14.7 Å². The minimum absolute atomic E-state index is 0.0710. The number of carbonyl (C=O) groups excluding carboxylic acids is 1. The maximum Gasteiger partial charge on any atom is 0.410 e. The second kappa shape index (κ2) is 10.2. The van der Waals surface area contributed by atoms with Gasteiger partial charge in [0.1, 0.15) is 5.60 Å². The third-order valence-corrected chi connectivity index (χ3v) is 12.5. The van der Waals surface area contributed by atoms with Gasteiger partial charge in [-0.3, -0.25) is 0 Å². The molecule has 2 aromatic heterocycles. The molecule has 0 atom stereocenters. The number of hydrogen-bond acceptors (Lipinski definition) is 6. The molecule has 38 heavy (non-hydrogen) atoms. The molecule has 9 nitrogen and oxygen atoms in total. The number of rotatable bonds is 7. The molecular weight excluding hydrogens is 500 g/mol. The highest BCUT2D eigenvalue weighted by molar-refractivity contribution is 6.74. The molecule has 1 aliphatic carbocycles. The van der Waals surface area contributed by atoms with Crippen molar-refractivity contribution in [2.75, 3.05) is 18.0 Å². The number of carbonyl (C=O) groups is 2. The van der Waals surface area contributed by atoms with Crippen molar-refractivity contribution < 1.29 is 23.9 Å². The number of anilines is 1. The number of nitrogens with zero attached hydrogens (tertiary/aromatic N) is 4. The van der Waals surface area contributed by atoms with Crippen LogP contribution in [0.5, 0.6) is 0 Å². The van der Waals surface area contributed by atoms with Crippen LogP contribution < -0.4 is 4.90 Å². The summed E-state index contributed by atoms with van der Waals surface area (Å²) in [5.41, 5.74) is 2.06. The zero-order chi connectivity index (χ0) is 28.0. The van der Waals surface area contributed by atoms with Gasteiger partial charge in [0, 0.05) is 25.2 Å². The fourth-order valence-corrected chi connectivity index (χ4v) is 5.67. The SMILES string of the molecule is CC(C)(C)OC(=O)N(C1CC1)C1CCN(c2ccc(C(=O)O)n3nc(CO[Si](C)(C)C(C)(C)C)cc23)CC1. The zero-order valence-corrected chi connectivity index (χ0v) is 25.2. The number of piperidine rings is 1. The highest BCUT2D eigenvalue weighted by Crippen LogP contribution is 2.38. The van der Waals surface area contributed by atoms with Crippen LogP contribution in [0.1, 0.15) is 83.4 Å². The van der Waals surface area contributed by atoms with E-state index in [4.69, 9.17) is 9.16 Å². The Kier molecular flexibility index (Phi) is 7.61. The lowest BCUT2D eigenvalue weighted by Gasteiger charge is -2.40. The molecular formula is C28H44N4O5Si. The number of carboxylic acids is 1. The molecule has 2 fully saturated rings. The molecule has 4 rings (SSSR count). The van der Waals surface area contributed by atoms with Crippen LogP contribution >= 0.6 is 0 Å². The fourth-order valence-electron chi connectivity index (χ4n) is 4.73. The molecule has 3 heterocycles. The molecule has 0 bridgehead atoms. The number of pyridine rings is 1. The molecule has 0 radical (unpaired) electrons. The van der Waals surface area contributed by atoms with Crippen LogP contribution in [0.2, 0.25) is 18.1 Å². The summed E-state index contributed by atoms with van der Waals surface area (Å²) in [6.45, 7) is 18.6. The summed E-state index contributed by atoms with van der Waals surface area (Å²) in [7, 11) is -1.98. The first kappa shape index (κ1) is 28.4. The fraction of sp³-hybridized carbons (Fsp3) is 0.679. The quantitative estimate of drug-likeness (QED) is 0.432. The van der Waals surface area contributed by atoms with Crippen LogP contribution in [-0.2, 0) is 15.8 Å². The van der Waals surface area contributed by atoms with Crippen LogP contribution in [-0.4, -0.2) is 70.8 Å². The largest absolute Gasteiger partial charge is 0.477 e. The molecule has 1 amide bonds. The molecule has 2 aliphatic rings. The van der Waals surface area contributed by atoms with Crippen LogP contribution in [0.3, 0.4) is 0 Å². The van der Waals surface area contributed by atoms with E-state index in [1.165, 1.54) is 4.52 Å². The molecule has 0 aromatic carbocycles. The van der Waals surface area contributed by atoms with E-state index in [0.29, 0.717) is 6.61 Å². The summed E-state index contributed by atoms with van der Waals surface area (Å²) < 4.78 is 13.6. The first-order valence-corrected chi connectivity index (χ1v) is 16.6. The lowest BCUT2D eigenvalue weighted by Crippen LogP contribution is -2.50. The van der Waals surface area contributed by atoms with Crippen LogP contribution in [0.25, 0.3) is 5.52 Å². The Hall–Kier alpha value is -2.59. The monoisotopic (exact) mass is 544 g/mol. The first-order chi connectivity index (χ1) is 17.6. The van der Waals surface area contributed by atoms with E-state index in [1.807, 2.05) is 37.8 Å². The Balaban J connectivity index is 1.53. The van der Waals surface area contributed by atoms with Crippen LogP contribution in [0.15, 0.2) is 18.2 Å². The molecule has 2 aromatic rings. The van der Waals surface area contributed by atoms with Crippen molar-refractivity contribution in [1.82, 2.24) is 14.5 Å². The molecule has 1 saturated heterocycles. The first-order valence-electron chi connectivity index (χ1n) is 13.7. The summed E-state index contributed by atoms with van der Waals surface area (Å²) >= 11 is 0. The normalized spacial score (nSPS) is 17.6. The molecule has 10 heteroatoms. The minimum Gasteiger partial charge on any atom is -0.477 e. The lowest BCUT2D eigenvalue weighted by atomic mass is 10.0. The van der Waals surface area contributed by atoms with Crippen molar-refractivity contribution in [2.24, 2.45) is 0 Å². The van der Waals surface area contributed by atoms with Crippen molar-refractivity contribution in [3.63, 3.8) is 0 Å². The predicted octanol–water partition coefficient (Wildman–Crippen LogP) is 5.92. The summed E-state index contributed by atoms with van der Waals surface area (Å²) in [6.07, 6.45) is 3.52. The van der Waals surface area contributed by atoms with Crippen molar-refractivity contribution in [2.45, 2.75) is 110 Å². The maximum absolute atomic E-state index is 13.0. The van der Waals surface area contributed by atoms with Crippen molar-refractivity contribution in [3.8, 4) is 0 Å². The Morgan fingerprint density at radius 1 is 1.05 bits per heavy atom. The Labute approximate surface area is 227 Å². The van der Waals surface area contributed by atoms with Crippen LogP contribution in [0, 0.1) is 0 Å². The summed E-state index contributed by atoms with van der Waals surface area (Å²) in [5, 5.41) is 14.5. The van der Waals surface area contributed by atoms with E-state index in [0.717, 1.165) is 55.7 Å². The van der Waals surface area contributed by atoms with Crippen molar-refractivity contribution in [3.05, 3.63) is 29.6 Å². The van der Waals surface area contributed by atoms with Gasteiger partial charge in [0.15, 0.2) is 14.0 Å². The van der Waals surface area contributed by atoms with Crippen molar-refractivity contribution in [1.29, 1.82) is 0 Å². The van der Waals surface area contributed by atoms with Gasteiger partial charge in [-0.25, -0.2) is 14.1 Å². The number of carboxylic acid groups (broad SMARTS) is 1. The van der Waals surface area contributed by atoms with E-state index in [1.54, 1.807) is 6.07 Å². The Morgan fingerprint density at radius 2 is 1.66 bits per heavy atom. The average molecular weight is 545 g/mol. The second-order valence-electron chi connectivity index (χ2n) is 13.2. The molecule has 0 unspecified atom stereocenters. The summed E-state index contributed by atoms with van der Waals surface area (Å²) in [6, 6.07) is 5.88. The van der Waals surface area contributed by atoms with Gasteiger partial charge in [-0.15, -0.1) is 0 Å². The number of ether oxygens (including phenoxy) is 1. The van der Waals surface area contributed by atoms with E-state index < -0.39 is 19.9 Å². The molecule has 1 saturated carbocycles. The highest BCUT2D eigenvalue weighted by atomic mass is 28.4. The standard InChI is InChI=1S/C28H44N4O5Si/c1-27(2,3)37-26(35)31(20-9-10-20)21-13-15-30(16-14-21)22-11-12-23(25(33)34)32-24(22)17-19(29-32)18-36-38(7,8)28(4,5)6/h11-12,17,20-21H,9-10,13-16,18H2,1-8H3,(H,33,34). The van der Waals surface area contributed by atoms with Gasteiger partial charge < -0.3 is 24.1 Å². The maximum atomic E-state index is 13.0. The minimum atomic E-state index is -1.98. The Bertz CT molecular complexity index is 1180. The number of amides is 1. The van der Waals surface area contributed by atoms with Gasteiger partial charge in [0.05, 0.1) is 23.5 Å². The third-order valence-electron chi connectivity index (χ3n) is 8.00. The number of aromatic nitrogens is 2. The van der Waals surface area contributed by atoms with Gasteiger partial charge >= 0.3 is 12.1 Å². The van der Waals surface area contributed by atoms with Crippen molar-refractivity contribution >= 4 is 31.6 Å². The van der Waals surface area contributed by atoms with E-state index >= 15 is 0 Å². The zero-order valence-electron chi connectivity index (χ0n) is 24.2. The second-order valence-corrected chi connectivity index (χ2v) is 18.0. The van der Waals surface area contributed by atoms with E-state index in [2.05, 4.69) is 43.9 Å². The summed E-state index contributed by atoms with van der Waals surface area (Å²) in [4.78, 5) is 29.2.